The lowest BCUT2D eigenvalue weighted by molar-refractivity contribution is 0.850. The molecule has 12 heavy (non-hydrogen) atoms. The van der Waals surface area contributed by atoms with E-state index in [0.717, 1.165) is 0 Å². The Morgan fingerprint density at radius 3 is 2.92 bits per heavy atom. The number of fused-ring (bicyclic) bond motifs is 1. The number of halogens is 1. The molecule has 0 saturated carbocycles. The highest BCUT2D eigenvalue weighted by molar-refractivity contribution is 14.1. The predicted molar refractivity (Wildman–Crippen MR) is 53.2 cm³/mol. The van der Waals surface area contributed by atoms with E-state index in [9.17, 15) is 4.79 Å². The van der Waals surface area contributed by atoms with Gasteiger partial charge in [-0.05, 0) is 12.1 Å². The summed E-state index contributed by atoms with van der Waals surface area (Å²) < 4.78 is 1.19. The van der Waals surface area contributed by atoms with Crippen LogP contribution in [0.2, 0.25) is 0 Å². The summed E-state index contributed by atoms with van der Waals surface area (Å²) >= 11 is 1.80. The zero-order valence-corrected chi connectivity index (χ0v) is 8.09. The van der Waals surface area contributed by atoms with Gasteiger partial charge in [-0.15, -0.1) is 7.99 Å². The Kier molecular flexibility index (Phi) is 1.80. The first-order chi connectivity index (χ1) is 5.79. The molecule has 2 aromatic rings. The smallest absolute Gasteiger partial charge is 0.266 e. The van der Waals surface area contributed by atoms with Crippen LogP contribution in [0.1, 0.15) is 0 Å². The van der Waals surface area contributed by atoms with E-state index in [1.54, 1.807) is 35.0 Å². The van der Waals surface area contributed by atoms with Gasteiger partial charge in [-0.2, -0.15) is 0 Å². The molecule has 4 nitrogen and oxygen atoms in total. The minimum Gasteiger partial charge on any atom is -0.266 e. The molecule has 0 amide bonds. The van der Waals surface area contributed by atoms with Gasteiger partial charge in [0, 0.05) is 0 Å². The summed E-state index contributed by atoms with van der Waals surface area (Å²) in [7, 11) is 0. The standard InChI is InChI=1S/C7H4IN3O/c8-11-7(12)5-3-1-2-4-6(5)9-10-11/h1-4H. The topological polar surface area (TPSA) is 47.8 Å². The van der Waals surface area contributed by atoms with Gasteiger partial charge in [-0.3, -0.25) is 4.79 Å². The van der Waals surface area contributed by atoms with E-state index < -0.39 is 0 Å². The number of benzene rings is 1. The van der Waals surface area contributed by atoms with Gasteiger partial charge in [-0.25, -0.2) is 0 Å². The first kappa shape index (κ1) is 7.66. The predicted octanol–water partition coefficient (Wildman–Crippen LogP) is 0.990. The van der Waals surface area contributed by atoms with Crippen LogP contribution in [0.4, 0.5) is 0 Å². The molecule has 5 heteroatoms. The van der Waals surface area contributed by atoms with Crippen molar-refractivity contribution in [2.24, 2.45) is 0 Å². The van der Waals surface area contributed by atoms with Crippen LogP contribution in [0, 0.1) is 0 Å². The van der Waals surface area contributed by atoms with Gasteiger partial charge in [0.05, 0.1) is 28.3 Å². The van der Waals surface area contributed by atoms with E-state index in [1.807, 2.05) is 12.1 Å². The van der Waals surface area contributed by atoms with Crippen LogP contribution in [0.15, 0.2) is 29.1 Å². The molecule has 0 N–H and O–H groups in total. The van der Waals surface area contributed by atoms with Gasteiger partial charge in [0.15, 0.2) is 0 Å². The van der Waals surface area contributed by atoms with Gasteiger partial charge in [-0.1, -0.05) is 17.3 Å². The molecule has 1 aromatic heterocycles. The van der Waals surface area contributed by atoms with Gasteiger partial charge in [0.25, 0.3) is 5.56 Å². The molecule has 2 rings (SSSR count). The van der Waals surface area contributed by atoms with Crippen LogP contribution < -0.4 is 5.56 Å². The van der Waals surface area contributed by atoms with E-state index in [4.69, 9.17) is 0 Å². The summed E-state index contributed by atoms with van der Waals surface area (Å²) in [6, 6.07) is 7.14. The van der Waals surface area contributed by atoms with E-state index in [2.05, 4.69) is 10.3 Å². The summed E-state index contributed by atoms with van der Waals surface area (Å²) in [4.78, 5) is 11.4. The molecule has 0 aliphatic carbocycles. The normalized spacial score (nSPS) is 10.4. The van der Waals surface area contributed by atoms with E-state index >= 15 is 0 Å². The second kappa shape index (κ2) is 2.81. The van der Waals surface area contributed by atoms with E-state index in [1.165, 1.54) is 2.90 Å². The third-order valence-electron chi connectivity index (χ3n) is 1.53. The Balaban J connectivity index is 3.01. The summed E-state index contributed by atoms with van der Waals surface area (Å²) in [6.45, 7) is 0. The van der Waals surface area contributed by atoms with Crippen LogP contribution in [0.3, 0.4) is 0 Å². The maximum Gasteiger partial charge on any atom is 0.286 e. The molecular formula is C7H4IN3O. The van der Waals surface area contributed by atoms with Crippen LogP contribution >= 0.6 is 22.9 Å². The molecule has 0 saturated heterocycles. The van der Waals surface area contributed by atoms with Crippen LogP contribution in [0.25, 0.3) is 10.9 Å². The fourth-order valence-electron chi connectivity index (χ4n) is 0.969. The van der Waals surface area contributed by atoms with Crippen molar-refractivity contribution in [3.63, 3.8) is 0 Å². The molecule has 0 aliphatic heterocycles. The number of hydrogen-bond donors (Lipinski definition) is 0. The molecule has 0 aliphatic rings. The Morgan fingerprint density at radius 1 is 1.33 bits per heavy atom. The highest BCUT2D eigenvalue weighted by Gasteiger charge is 2.00. The van der Waals surface area contributed by atoms with Crippen molar-refractivity contribution in [1.82, 2.24) is 13.2 Å². The highest BCUT2D eigenvalue weighted by atomic mass is 127. The van der Waals surface area contributed by atoms with Crippen molar-refractivity contribution in [2.75, 3.05) is 0 Å². The summed E-state index contributed by atoms with van der Waals surface area (Å²) in [5, 5.41) is 8.09. The lowest BCUT2D eigenvalue weighted by atomic mass is 10.2. The summed E-state index contributed by atoms with van der Waals surface area (Å²) in [6.07, 6.45) is 0. The largest absolute Gasteiger partial charge is 0.286 e. The van der Waals surface area contributed by atoms with E-state index in [0.29, 0.717) is 10.9 Å². The molecule has 0 fully saturated rings. The zero-order valence-electron chi connectivity index (χ0n) is 5.94. The van der Waals surface area contributed by atoms with Crippen molar-refractivity contribution in [1.29, 1.82) is 0 Å². The summed E-state index contributed by atoms with van der Waals surface area (Å²) in [5.74, 6) is 0. The van der Waals surface area contributed by atoms with Crippen LogP contribution in [-0.4, -0.2) is 13.2 Å². The van der Waals surface area contributed by atoms with Crippen molar-refractivity contribution in [3.05, 3.63) is 34.6 Å². The Hall–Kier alpha value is -0.980. The molecule has 1 heterocycles. The number of nitrogens with zero attached hydrogens (tertiary/aromatic N) is 3. The summed E-state index contributed by atoms with van der Waals surface area (Å²) in [5.41, 5.74) is 0.511. The molecule has 0 unspecified atom stereocenters. The Bertz CT molecular complexity index is 479. The first-order valence-corrected chi connectivity index (χ1v) is 4.26. The fraction of sp³-hybridized carbons (Fsp3) is 0. The molecular weight excluding hydrogens is 269 g/mol. The molecule has 1 aromatic carbocycles. The molecule has 0 atom stereocenters. The Labute approximate surface area is 81.7 Å². The zero-order chi connectivity index (χ0) is 8.55. The SMILES string of the molecule is O=c1c2ccccc2nnn1I. The molecule has 0 spiro atoms. The van der Waals surface area contributed by atoms with Gasteiger partial charge < -0.3 is 0 Å². The monoisotopic (exact) mass is 273 g/mol. The number of aromatic nitrogens is 3. The molecule has 0 radical (unpaired) electrons. The lowest BCUT2D eigenvalue weighted by Crippen LogP contribution is -2.16. The van der Waals surface area contributed by atoms with Crippen LogP contribution in [0.5, 0.6) is 0 Å². The van der Waals surface area contributed by atoms with Crippen molar-refractivity contribution < 1.29 is 0 Å². The van der Waals surface area contributed by atoms with Gasteiger partial charge in [0.1, 0.15) is 5.52 Å². The Morgan fingerprint density at radius 2 is 2.08 bits per heavy atom. The quantitative estimate of drug-likeness (QED) is 0.672. The third-order valence-corrected chi connectivity index (χ3v) is 2.16. The average molecular weight is 273 g/mol. The van der Waals surface area contributed by atoms with E-state index in [-0.39, 0.29) is 5.56 Å². The highest BCUT2D eigenvalue weighted by Crippen LogP contribution is 2.03. The number of hydrogen-bond acceptors (Lipinski definition) is 3. The van der Waals surface area contributed by atoms with Gasteiger partial charge >= 0.3 is 0 Å². The fourth-order valence-corrected chi connectivity index (χ4v) is 1.33. The first-order valence-electron chi connectivity index (χ1n) is 3.30. The maximum atomic E-state index is 11.4. The van der Waals surface area contributed by atoms with Gasteiger partial charge in [0.2, 0.25) is 0 Å². The van der Waals surface area contributed by atoms with Crippen LogP contribution in [-0.2, 0) is 0 Å². The second-order valence-corrected chi connectivity index (χ2v) is 3.19. The minimum absolute atomic E-state index is 0.124. The molecule has 60 valence electrons. The number of rotatable bonds is 0. The van der Waals surface area contributed by atoms with Crippen molar-refractivity contribution in [2.45, 2.75) is 0 Å². The minimum atomic E-state index is -0.124. The third kappa shape index (κ3) is 1.09. The maximum absolute atomic E-state index is 11.4. The van der Waals surface area contributed by atoms with Crippen molar-refractivity contribution in [3.8, 4) is 0 Å². The lowest BCUT2D eigenvalue weighted by Gasteiger charge is -1.94. The second-order valence-electron chi connectivity index (χ2n) is 2.27. The average Bonchev–Trinajstić information content (AvgIpc) is 2.12. The van der Waals surface area contributed by atoms with Crippen molar-refractivity contribution >= 4 is 33.8 Å². The molecule has 0 bridgehead atoms.